The molecule has 0 radical (unpaired) electrons. The number of carbonyl (C=O) groups excluding carboxylic acids is 2. The minimum atomic E-state index is -0.945. The third kappa shape index (κ3) is 4.06. The first-order valence-corrected chi connectivity index (χ1v) is 13.6. The van der Waals surface area contributed by atoms with Crippen molar-refractivity contribution < 1.29 is 19.4 Å². The number of benzene rings is 2. The Bertz CT molecular complexity index is 1880. The number of thiazole rings is 1. The van der Waals surface area contributed by atoms with Crippen molar-refractivity contribution in [2.45, 2.75) is 26.8 Å². The first-order chi connectivity index (χ1) is 19.3. The molecular weight excluding hydrogens is 524 g/mol. The summed E-state index contributed by atoms with van der Waals surface area (Å²) in [5.41, 5.74) is 4.80. The Hall–Kier alpha value is -4.76. The number of nitrogens with zero attached hydrogens (tertiary/aromatic N) is 4. The number of rotatable bonds is 6. The van der Waals surface area contributed by atoms with Crippen LogP contribution in [0.3, 0.4) is 0 Å². The van der Waals surface area contributed by atoms with Crippen molar-refractivity contribution in [3.05, 3.63) is 107 Å². The first kappa shape index (κ1) is 25.5. The predicted molar refractivity (Wildman–Crippen MR) is 156 cm³/mol. The smallest absolute Gasteiger partial charge is 0.301 e. The monoisotopic (exact) mass is 550 g/mol. The van der Waals surface area contributed by atoms with Gasteiger partial charge in [-0.15, -0.1) is 0 Å². The molecule has 1 saturated heterocycles. The Balaban J connectivity index is 1.58. The van der Waals surface area contributed by atoms with Gasteiger partial charge in [0.05, 0.1) is 27.5 Å². The summed E-state index contributed by atoms with van der Waals surface area (Å²) < 4.78 is 8.50. The van der Waals surface area contributed by atoms with E-state index in [4.69, 9.17) is 9.72 Å². The fourth-order valence-electron chi connectivity index (χ4n) is 5.07. The molecule has 40 heavy (non-hydrogen) atoms. The Labute approximate surface area is 234 Å². The molecule has 5 aromatic rings. The second kappa shape index (κ2) is 9.77. The lowest BCUT2D eigenvalue weighted by atomic mass is 9.96. The van der Waals surface area contributed by atoms with E-state index in [0.717, 1.165) is 21.3 Å². The van der Waals surface area contributed by atoms with Crippen LogP contribution in [0.1, 0.15) is 34.1 Å². The van der Waals surface area contributed by atoms with E-state index in [1.165, 1.54) is 16.2 Å². The van der Waals surface area contributed by atoms with E-state index in [1.807, 2.05) is 61.7 Å². The van der Waals surface area contributed by atoms with Crippen LogP contribution in [-0.4, -0.2) is 37.8 Å². The first-order valence-electron chi connectivity index (χ1n) is 12.7. The Kier molecular flexibility index (Phi) is 6.23. The molecule has 1 unspecified atom stereocenters. The number of fused-ring (bicyclic) bond motifs is 2. The second-order valence-corrected chi connectivity index (χ2v) is 10.7. The highest BCUT2D eigenvalue weighted by atomic mass is 32.1. The number of hydrogen-bond acceptors (Lipinski definition) is 7. The minimum absolute atomic E-state index is 0.0505. The summed E-state index contributed by atoms with van der Waals surface area (Å²) >= 11 is 1.32. The molecule has 0 bridgehead atoms. The van der Waals surface area contributed by atoms with E-state index in [0.29, 0.717) is 34.4 Å². The fraction of sp³-hybridized carbons (Fsp3) is 0.161. The number of Topliss-reactive ketones (excluding diaryl/α,β-unsaturated/α-hetero) is 1. The lowest BCUT2D eigenvalue weighted by molar-refractivity contribution is -0.132. The van der Waals surface area contributed by atoms with Gasteiger partial charge in [-0.25, -0.2) is 9.97 Å². The van der Waals surface area contributed by atoms with Gasteiger partial charge < -0.3 is 14.2 Å². The number of aliphatic hydroxyl groups is 1. The van der Waals surface area contributed by atoms with Crippen molar-refractivity contribution in [1.29, 1.82) is 0 Å². The molecule has 1 N–H and O–H groups in total. The third-order valence-corrected chi connectivity index (χ3v) is 8.05. The van der Waals surface area contributed by atoms with Crippen LogP contribution in [0.5, 0.6) is 5.75 Å². The van der Waals surface area contributed by atoms with Gasteiger partial charge in [0.1, 0.15) is 23.7 Å². The van der Waals surface area contributed by atoms with E-state index >= 15 is 0 Å². The summed E-state index contributed by atoms with van der Waals surface area (Å²) in [5.74, 6) is -1.36. The Morgan fingerprint density at radius 2 is 1.93 bits per heavy atom. The van der Waals surface area contributed by atoms with Gasteiger partial charge in [0, 0.05) is 6.20 Å². The number of amides is 1. The lowest BCUT2D eigenvalue weighted by Gasteiger charge is -2.23. The zero-order valence-electron chi connectivity index (χ0n) is 22.2. The molecule has 0 saturated carbocycles. The van der Waals surface area contributed by atoms with Crippen LogP contribution >= 0.6 is 11.3 Å². The normalized spacial score (nSPS) is 16.8. The maximum Gasteiger partial charge on any atom is 0.301 e. The van der Waals surface area contributed by atoms with E-state index < -0.39 is 17.7 Å². The molecule has 0 spiro atoms. The minimum Gasteiger partial charge on any atom is -0.505 e. The summed E-state index contributed by atoms with van der Waals surface area (Å²) in [4.78, 5) is 38.1. The van der Waals surface area contributed by atoms with Crippen LogP contribution in [0.2, 0.25) is 0 Å². The topological polar surface area (TPSA) is 97.0 Å². The van der Waals surface area contributed by atoms with Crippen LogP contribution in [-0.2, 0) is 9.59 Å². The molecule has 0 aliphatic carbocycles. The summed E-state index contributed by atoms with van der Waals surface area (Å²) in [6.45, 7) is 9.72. The molecule has 8 nitrogen and oxygen atoms in total. The number of anilines is 1. The molecule has 3 aromatic heterocycles. The molecular formula is C31H26N4O4S. The summed E-state index contributed by atoms with van der Waals surface area (Å²) in [6.07, 6.45) is 3.48. The number of pyridine rings is 1. The van der Waals surface area contributed by atoms with Gasteiger partial charge in [-0.2, -0.15) is 0 Å². The van der Waals surface area contributed by atoms with Crippen molar-refractivity contribution >= 4 is 49.8 Å². The molecule has 1 fully saturated rings. The molecule has 4 heterocycles. The molecule has 1 amide bonds. The largest absolute Gasteiger partial charge is 0.505 e. The van der Waals surface area contributed by atoms with Crippen LogP contribution in [0.25, 0.3) is 21.6 Å². The van der Waals surface area contributed by atoms with Gasteiger partial charge in [-0.05, 0) is 67.8 Å². The predicted octanol–water partition coefficient (Wildman–Crippen LogP) is 6.06. The van der Waals surface area contributed by atoms with Crippen LogP contribution in [0.15, 0.2) is 79.0 Å². The molecule has 200 valence electrons. The zero-order valence-corrected chi connectivity index (χ0v) is 23.0. The number of hydrogen-bond donors (Lipinski definition) is 1. The maximum absolute atomic E-state index is 13.7. The van der Waals surface area contributed by atoms with E-state index in [-0.39, 0.29) is 17.0 Å². The van der Waals surface area contributed by atoms with Crippen LogP contribution < -0.4 is 9.64 Å². The number of aliphatic hydroxyl groups excluding tert-OH is 1. The van der Waals surface area contributed by atoms with E-state index in [2.05, 4.69) is 11.6 Å². The van der Waals surface area contributed by atoms with Crippen molar-refractivity contribution in [3.63, 3.8) is 0 Å². The maximum atomic E-state index is 13.7. The number of aromatic nitrogens is 3. The van der Waals surface area contributed by atoms with Crippen LogP contribution in [0.4, 0.5) is 5.13 Å². The van der Waals surface area contributed by atoms with Gasteiger partial charge in [0.2, 0.25) is 0 Å². The van der Waals surface area contributed by atoms with E-state index in [9.17, 15) is 14.7 Å². The summed E-state index contributed by atoms with van der Waals surface area (Å²) in [5, 5.41) is 12.1. The highest BCUT2D eigenvalue weighted by molar-refractivity contribution is 7.22. The van der Waals surface area contributed by atoms with Gasteiger partial charge in [0.15, 0.2) is 10.9 Å². The molecule has 6 rings (SSSR count). The highest BCUT2D eigenvalue weighted by Gasteiger charge is 2.48. The number of imidazole rings is 1. The van der Waals surface area contributed by atoms with E-state index in [1.54, 1.807) is 30.3 Å². The average molecular weight is 551 g/mol. The van der Waals surface area contributed by atoms with Crippen LogP contribution in [0, 0.1) is 20.8 Å². The van der Waals surface area contributed by atoms with Gasteiger partial charge in [0.25, 0.3) is 5.78 Å². The van der Waals surface area contributed by atoms with Crippen molar-refractivity contribution in [3.8, 4) is 5.75 Å². The summed E-state index contributed by atoms with van der Waals surface area (Å²) in [6, 6.07) is 15.8. The zero-order chi connectivity index (χ0) is 28.1. The van der Waals surface area contributed by atoms with Crippen molar-refractivity contribution in [2.24, 2.45) is 0 Å². The van der Waals surface area contributed by atoms with Crippen molar-refractivity contribution in [1.82, 2.24) is 14.4 Å². The second-order valence-electron chi connectivity index (χ2n) is 9.74. The van der Waals surface area contributed by atoms with Gasteiger partial charge in [-0.3, -0.25) is 14.5 Å². The fourth-order valence-corrected chi connectivity index (χ4v) is 6.16. The summed E-state index contributed by atoms with van der Waals surface area (Å²) in [7, 11) is 0. The number of carbonyl (C=O) groups is 2. The standard InChI is InChI=1S/C31H26N4O4S/c1-5-14-39-21-10-6-9-20(16-21)26-24(27(36)25-19(4)34-13-7-8-18(3)29(34)33-25)28(37)30(38)35(26)31-32-22-12-11-17(2)15-23(22)40-31/h5-13,15-16,26,36H,1,14H2,2-4H3/b27-24+. The number of aryl methyl sites for hydroxylation is 3. The average Bonchev–Trinajstić information content (AvgIpc) is 3.59. The Morgan fingerprint density at radius 3 is 2.70 bits per heavy atom. The third-order valence-electron chi connectivity index (χ3n) is 7.03. The number of ketones is 1. The Morgan fingerprint density at radius 1 is 1.10 bits per heavy atom. The van der Waals surface area contributed by atoms with Gasteiger partial charge in [-0.1, -0.05) is 48.3 Å². The van der Waals surface area contributed by atoms with Crippen molar-refractivity contribution in [2.75, 3.05) is 11.5 Å². The number of ether oxygens (including phenoxy) is 1. The molecule has 1 atom stereocenters. The molecule has 1 aliphatic rings. The van der Waals surface area contributed by atoms with Gasteiger partial charge >= 0.3 is 5.91 Å². The molecule has 2 aromatic carbocycles. The highest BCUT2D eigenvalue weighted by Crippen LogP contribution is 2.45. The quantitative estimate of drug-likeness (QED) is 0.119. The lowest BCUT2D eigenvalue weighted by Crippen LogP contribution is -2.29. The molecule has 9 heteroatoms. The SMILES string of the molecule is C=CCOc1cccc(C2/C(=C(\O)c3nc4c(C)cccn4c3C)C(=O)C(=O)N2c2nc3ccc(C)cc3s2)c1. The molecule has 1 aliphatic heterocycles.